The maximum atomic E-state index is 14.3. The van der Waals surface area contributed by atoms with Crippen molar-refractivity contribution < 1.29 is 32.7 Å². The molecular weight excluding hydrogens is 855 g/mol. The third-order valence-electron chi connectivity index (χ3n) is 15.3. The van der Waals surface area contributed by atoms with E-state index in [4.69, 9.17) is 9.72 Å². The number of carbonyl (C=O) groups is 4. The van der Waals surface area contributed by atoms with Crippen LogP contribution in [0, 0.1) is 11.3 Å². The lowest BCUT2D eigenvalue weighted by Crippen LogP contribution is -2.63. The second kappa shape index (κ2) is 16.7. The zero-order valence-corrected chi connectivity index (χ0v) is 36.9. The molecule has 2 bridgehead atoms. The number of aryl methyl sites for hydroxylation is 2. The van der Waals surface area contributed by atoms with Crippen molar-refractivity contribution in [1.82, 2.24) is 48.6 Å². The first kappa shape index (κ1) is 42.6. The molecule has 0 radical (unpaired) electrons. The number of halogens is 2. The molecule has 1 aliphatic carbocycles. The summed E-state index contributed by atoms with van der Waals surface area (Å²) in [5.74, 6) is -0.585. The second-order valence-electron chi connectivity index (χ2n) is 19.4. The van der Waals surface area contributed by atoms with E-state index in [0.29, 0.717) is 55.7 Å². The molecule has 2 N–H and O–H groups in total. The van der Waals surface area contributed by atoms with Gasteiger partial charge in [-0.3, -0.25) is 38.3 Å². The molecule has 6 fully saturated rings. The van der Waals surface area contributed by atoms with Gasteiger partial charge in [0.2, 0.25) is 17.7 Å². The van der Waals surface area contributed by atoms with Crippen molar-refractivity contribution in [2.75, 3.05) is 56.1 Å². The van der Waals surface area contributed by atoms with Gasteiger partial charge >= 0.3 is 5.69 Å². The Morgan fingerprint density at radius 1 is 1.03 bits per heavy atom. The van der Waals surface area contributed by atoms with Gasteiger partial charge in [0, 0.05) is 56.8 Å². The summed E-state index contributed by atoms with van der Waals surface area (Å²) in [6, 6.07) is 7.02. The Morgan fingerprint density at radius 3 is 2.56 bits per heavy atom. The summed E-state index contributed by atoms with van der Waals surface area (Å²) in [4.78, 5) is 76.4. The highest BCUT2D eigenvalue weighted by atomic mass is 19.3. The predicted octanol–water partition coefficient (Wildman–Crippen LogP) is 4.01. The smallest absolute Gasteiger partial charge is 0.329 e. The normalized spacial score (nSPS) is 25.4. The molecule has 18 nitrogen and oxygen atoms in total. The Morgan fingerprint density at radius 2 is 1.83 bits per heavy atom. The summed E-state index contributed by atoms with van der Waals surface area (Å²) in [5, 5.41) is 13.6. The molecule has 1 spiro atoms. The SMILES string of the molecule is Cn1c(=O)n(C2CCC(=O)NC2=O)c2cccc(CCCN3CCC4(CC3)CN(C(=O)[C@H]3CC[C@H](n5cc(NC(=O)c6cnn7ccc(N8C[C@H]9C[C@@H]8CO9)nc67)c(C(F)F)n5)CC3)C4)c21. The molecule has 20 heteroatoms. The number of ether oxygens (including phenoxy) is 1. The van der Waals surface area contributed by atoms with Crippen LogP contribution in [0.1, 0.15) is 104 Å². The lowest BCUT2D eigenvalue weighted by molar-refractivity contribution is -0.152. The summed E-state index contributed by atoms with van der Waals surface area (Å²) < 4.78 is 40.6. The largest absolute Gasteiger partial charge is 0.374 e. The number of anilines is 2. The van der Waals surface area contributed by atoms with Crippen LogP contribution in [0.4, 0.5) is 20.3 Å². The number of imide groups is 1. The van der Waals surface area contributed by atoms with E-state index in [1.165, 1.54) is 26.2 Å². The molecule has 5 aliphatic heterocycles. The van der Waals surface area contributed by atoms with Crippen molar-refractivity contribution in [3.8, 4) is 0 Å². The highest BCUT2D eigenvalue weighted by Crippen LogP contribution is 2.43. The van der Waals surface area contributed by atoms with Crippen molar-refractivity contribution in [2.24, 2.45) is 18.4 Å². The fourth-order valence-electron chi connectivity index (χ4n) is 11.7. The Balaban J connectivity index is 0.651. The molecule has 4 aromatic heterocycles. The van der Waals surface area contributed by atoms with Crippen LogP contribution >= 0.6 is 0 Å². The first-order chi connectivity index (χ1) is 31.9. The van der Waals surface area contributed by atoms with E-state index in [9.17, 15) is 32.8 Å². The third kappa shape index (κ3) is 7.54. The highest BCUT2D eigenvalue weighted by molar-refractivity contribution is 6.08. The van der Waals surface area contributed by atoms with E-state index >= 15 is 0 Å². The fraction of sp³-hybridized carbons (Fsp3) is 0.565. The van der Waals surface area contributed by atoms with Crippen molar-refractivity contribution >= 4 is 51.8 Å². The summed E-state index contributed by atoms with van der Waals surface area (Å²) in [5.41, 5.74) is 2.40. The van der Waals surface area contributed by atoms with Crippen molar-refractivity contribution in [3.63, 3.8) is 0 Å². The Bertz CT molecular complexity index is 2790. The number of amides is 4. The van der Waals surface area contributed by atoms with E-state index < -0.39 is 30.0 Å². The first-order valence-corrected chi connectivity index (χ1v) is 23.4. The molecule has 66 heavy (non-hydrogen) atoms. The van der Waals surface area contributed by atoms with Gasteiger partial charge in [-0.2, -0.15) is 10.2 Å². The summed E-state index contributed by atoms with van der Waals surface area (Å²) in [7, 11) is 1.73. The van der Waals surface area contributed by atoms with Gasteiger partial charge in [0.05, 0.1) is 47.7 Å². The topological polar surface area (TPSA) is 186 Å². The average Bonchev–Trinajstić information content (AvgIpc) is 4.16. The van der Waals surface area contributed by atoms with Gasteiger partial charge < -0.3 is 24.8 Å². The van der Waals surface area contributed by atoms with Crippen LogP contribution in [0.25, 0.3) is 16.7 Å². The van der Waals surface area contributed by atoms with Gasteiger partial charge in [0.1, 0.15) is 17.4 Å². The number of para-hydroxylation sites is 1. The van der Waals surface area contributed by atoms with Gasteiger partial charge in [0.25, 0.3) is 12.3 Å². The van der Waals surface area contributed by atoms with Crippen molar-refractivity contribution in [1.29, 1.82) is 0 Å². The zero-order chi connectivity index (χ0) is 45.4. The number of alkyl halides is 2. The van der Waals surface area contributed by atoms with Crippen LogP contribution < -0.4 is 21.2 Å². The number of nitrogens with zero attached hydrogens (tertiary/aromatic N) is 10. The van der Waals surface area contributed by atoms with E-state index in [2.05, 4.69) is 30.6 Å². The number of fused-ring (bicyclic) bond motifs is 4. The molecule has 4 amide bonds. The lowest BCUT2D eigenvalue weighted by atomic mass is 9.71. The second-order valence-corrected chi connectivity index (χ2v) is 19.4. The number of hydrogen-bond donors (Lipinski definition) is 2. The molecule has 5 aromatic rings. The number of imidazole rings is 1. The standard InChI is InChI=1S/C46H54F2N12O6/c1-54-39-27(4-2-6-34(39)60(45(54)65)35-11-12-37(61)52-43(35)63)5-3-16-55-18-14-46(15-19-55)25-56(26-46)44(64)28-7-9-29(10-8-28)59-23-33(38(53-59)40(47)48)50-42(62)32-21-49-58-17-13-36(51-41(32)58)57-22-31-20-30(57)24-66-31/h2,4,6,13,17,21,23,28-31,35,40H,3,5,7-12,14-16,18-20,22,24-26H2,1H3,(H,50,62)(H,52,61,63)/t28-,29-,30-,31-,35?/m1/s1. The Labute approximate surface area is 378 Å². The molecule has 6 aliphatic rings. The minimum Gasteiger partial charge on any atom is -0.374 e. The number of rotatable bonds is 11. The van der Waals surface area contributed by atoms with Crippen LogP contribution in [0.2, 0.25) is 0 Å². The van der Waals surface area contributed by atoms with Gasteiger partial charge in [-0.25, -0.2) is 23.1 Å². The van der Waals surface area contributed by atoms with Gasteiger partial charge in [-0.15, -0.1) is 0 Å². The molecule has 11 rings (SSSR count). The fourth-order valence-corrected chi connectivity index (χ4v) is 11.7. The molecular formula is C46H54F2N12O6. The van der Waals surface area contributed by atoms with Gasteiger partial charge in [-0.1, -0.05) is 12.1 Å². The lowest BCUT2D eigenvalue weighted by Gasteiger charge is -2.55. The molecule has 1 unspecified atom stereocenters. The predicted molar refractivity (Wildman–Crippen MR) is 236 cm³/mol. The number of likely N-dealkylation sites (tertiary alicyclic amines) is 2. The van der Waals surface area contributed by atoms with Crippen LogP contribution in [0.3, 0.4) is 0 Å². The van der Waals surface area contributed by atoms with Crippen LogP contribution in [0.15, 0.2) is 47.7 Å². The van der Waals surface area contributed by atoms with E-state index in [1.807, 2.05) is 29.2 Å². The molecule has 348 valence electrons. The molecule has 9 heterocycles. The number of piperidine rings is 2. The summed E-state index contributed by atoms with van der Waals surface area (Å²) in [6.45, 7) is 5.71. The summed E-state index contributed by atoms with van der Waals surface area (Å²) in [6.07, 6.45) is 9.55. The van der Waals surface area contributed by atoms with Crippen LogP contribution in [-0.4, -0.2) is 125 Å². The molecule has 1 saturated carbocycles. The number of carbonyl (C=O) groups excluding carboxylic acids is 4. The summed E-state index contributed by atoms with van der Waals surface area (Å²) >= 11 is 0. The zero-order valence-electron chi connectivity index (χ0n) is 36.9. The molecule has 1 aromatic carbocycles. The minimum atomic E-state index is -2.90. The maximum absolute atomic E-state index is 14.3. The van der Waals surface area contributed by atoms with Crippen LogP contribution in [-0.2, 0) is 32.6 Å². The Hall–Kier alpha value is -6.02. The van der Waals surface area contributed by atoms with Crippen molar-refractivity contribution in [3.05, 3.63) is 70.2 Å². The maximum Gasteiger partial charge on any atom is 0.329 e. The first-order valence-electron chi connectivity index (χ1n) is 23.4. The third-order valence-corrected chi connectivity index (χ3v) is 15.3. The van der Waals surface area contributed by atoms with Gasteiger partial charge in [0.15, 0.2) is 11.3 Å². The Kier molecular flexibility index (Phi) is 10.8. The quantitative estimate of drug-likeness (QED) is 0.183. The van der Waals surface area contributed by atoms with E-state index in [-0.39, 0.29) is 64.7 Å². The number of nitrogens with one attached hydrogen (secondary N) is 2. The number of hydrogen-bond acceptors (Lipinski definition) is 11. The highest BCUT2D eigenvalue weighted by Gasteiger charge is 2.48. The monoisotopic (exact) mass is 908 g/mol. The average molecular weight is 909 g/mol. The molecule has 3 atom stereocenters. The van der Waals surface area contributed by atoms with E-state index in [0.717, 1.165) is 82.5 Å². The minimum absolute atomic E-state index is 0.0559. The van der Waals surface area contributed by atoms with Crippen molar-refractivity contribution in [2.45, 2.75) is 101 Å². The van der Waals surface area contributed by atoms with E-state index in [1.54, 1.807) is 17.8 Å². The number of aromatic nitrogens is 7. The molecule has 5 saturated heterocycles. The van der Waals surface area contributed by atoms with Crippen LogP contribution in [0.5, 0.6) is 0 Å². The number of morpholine rings is 1. The number of benzene rings is 1. The van der Waals surface area contributed by atoms with Gasteiger partial charge in [-0.05, 0) is 102 Å².